The summed E-state index contributed by atoms with van der Waals surface area (Å²) in [6.07, 6.45) is 2.99. The number of carboxylic acid groups (broad SMARTS) is 1. The molecule has 17 heavy (non-hydrogen) atoms. The first-order valence-electron chi connectivity index (χ1n) is 5.89. The molecule has 1 heterocycles. The molecule has 1 aromatic rings. The van der Waals surface area contributed by atoms with Crippen molar-refractivity contribution in [1.82, 2.24) is 9.78 Å². The smallest absolute Gasteiger partial charge is 0.306 e. The van der Waals surface area contributed by atoms with Crippen LogP contribution in [-0.2, 0) is 11.2 Å². The SMILES string of the molecule is CC(C)n1ccc(CC2(O)CC(C(=O)O)C2)n1. The average molecular weight is 238 g/mol. The van der Waals surface area contributed by atoms with Gasteiger partial charge >= 0.3 is 5.97 Å². The molecule has 0 radical (unpaired) electrons. The lowest BCUT2D eigenvalue weighted by Gasteiger charge is -2.41. The van der Waals surface area contributed by atoms with Crippen LogP contribution in [0.1, 0.15) is 38.4 Å². The highest BCUT2D eigenvalue weighted by molar-refractivity contribution is 5.71. The fraction of sp³-hybridized carbons (Fsp3) is 0.667. The van der Waals surface area contributed by atoms with Crippen LogP contribution >= 0.6 is 0 Å². The number of carboxylic acids is 1. The lowest BCUT2D eigenvalue weighted by atomic mass is 9.69. The largest absolute Gasteiger partial charge is 0.481 e. The summed E-state index contributed by atoms with van der Waals surface area (Å²) < 4.78 is 1.84. The molecule has 0 aliphatic heterocycles. The summed E-state index contributed by atoms with van der Waals surface area (Å²) in [5.74, 6) is -1.21. The predicted octanol–water partition coefficient (Wildman–Crippen LogP) is 1.23. The number of hydrogen-bond donors (Lipinski definition) is 2. The van der Waals surface area contributed by atoms with Crippen LogP contribution in [0.15, 0.2) is 12.3 Å². The van der Waals surface area contributed by atoms with Gasteiger partial charge in [0.25, 0.3) is 0 Å². The Morgan fingerprint density at radius 2 is 2.29 bits per heavy atom. The van der Waals surface area contributed by atoms with Crippen molar-refractivity contribution in [2.45, 2.75) is 44.8 Å². The van der Waals surface area contributed by atoms with Crippen LogP contribution in [0.2, 0.25) is 0 Å². The minimum atomic E-state index is -0.876. The highest BCUT2D eigenvalue weighted by atomic mass is 16.4. The minimum Gasteiger partial charge on any atom is -0.481 e. The van der Waals surface area contributed by atoms with Gasteiger partial charge in [0.15, 0.2) is 0 Å². The third kappa shape index (κ3) is 2.49. The van der Waals surface area contributed by atoms with E-state index in [-0.39, 0.29) is 0 Å². The van der Waals surface area contributed by atoms with E-state index in [0.717, 1.165) is 5.69 Å². The molecule has 0 atom stereocenters. The molecule has 1 saturated carbocycles. The van der Waals surface area contributed by atoms with Gasteiger partial charge in [-0.15, -0.1) is 0 Å². The Hall–Kier alpha value is -1.36. The second-order valence-corrected chi connectivity index (χ2v) is 5.23. The molecule has 1 aliphatic carbocycles. The Bertz CT molecular complexity index is 419. The molecule has 94 valence electrons. The van der Waals surface area contributed by atoms with E-state index in [2.05, 4.69) is 5.10 Å². The highest BCUT2D eigenvalue weighted by Crippen LogP contribution is 2.40. The quantitative estimate of drug-likeness (QED) is 0.827. The van der Waals surface area contributed by atoms with Crippen LogP contribution in [0.4, 0.5) is 0 Å². The van der Waals surface area contributed by atoms with Crippen molar-refractivity contribution in [3.8, 4) is 0 Å². The zero-order valence-corrected chi connectivity index (χ0v) is 10.1. The van der Waals surface area contributed by atoms with Crippen LogP contribution < -0.4 is 0 Å². The normalized spacial score (nSPS) is 28.1. The molecule has 0 aromatic carbocycles. The summed E-state index contributed by atoms with van der Waals surface area (Å²) >= 11 is 0. The first kappa shape index (κ1) is 12.1. The Morgan fingerprint density at radius 1 is 1.65 bits per heavy atom. The predicted molar refractivity (Wildman–Crippen MR) is 61.6 cm³/mol. The maximum Gasteiger partial charge on any atom is 0.306 e. The number of aromatic nitrogens is 2. The average Bonchev–Trinajstić information content (AvgIpc) is 2.62. The minimum absolute atomic E-state index is 0.298. The molecular formula is C12H18N2O3. The number of hydrogen-bond acceptors (Lipinski definition) is 3. The molecule has 0 spiro atoms. The van der Waals surface area contributed by atoms with Crippen LogP contribution in [0, 0.1) is 5.92 Å². The number of aliphatic hydroxyl groups is 1. The molecule has 1 aromatic heterocycles. The van der Waals surface area contributed by atoms with Crippen molar-refractivity contribution < 1.29 is 15.0 Å². The van der Waals surface area contributed by atoms with Crippen molar-refractivity contribution in [1.29, 1.82) is 0 Å². The molecular weight excluding hydrogens is 220 g/mol. The van der Waals surface area contributed by atoms with Crippen LogP contribution in [0.25, 0.3) is 0 Å². The molecule has 2 rings (SSSR count). The Balaban J connectivity index is 1.95. The summed E-state index contributed by atoms with van der Waals surface area (Å²) in [4.78, 5) is 10.7. The Kier molecular flexibility index (Phi) is 2.95. The van der Waals surface area contributed by atoms with Crippen molar-refractivity contribution in [3.05, 3.63) is 18.0 Å². The molecule has 1 aliphatic rings. The molecule has 0 bridgehead atoms. The molecule has 5 nitrogen and oxygen atoms in total. The summed E-state index contributed by atoms with van der Waals surface area (Å²) in [6.45, 7) is 4.07. The van der Waals surface area contributed by atoms with Gasteiger partial charge in [-0.25, -0.2) is 0 Å². The van der Waals surface area contributed by atoms with Gasteiger partial charge in [-0.1, -0.05) is 0 Å². The van der Waals surface area contributed by atoms with Gasteiger partial charge in [0.1, 0.15) is 0 Å². The van der Waals surface area contributed by atoms with E-state index in [0.29, 0.717) is 25.3 Å². The fourth-order valence-electron chi connectivity index (χ4n) is 2.27. The van der Waals surface area contributed by atoms with Gasteiger partial charge in [0.05, 0.1) is 17.2 Å². The maximum atomic E-state index is 10.7. The lowest BCUT2D eigenvalue weighted by molar-refractivity contribution is -0.158. The standard InChI is InChI=1S/C12H18N2O3/c1-8(2)14-4-3-10(13-14)7-12(17)5-9(6-12)11(15)16/h3-4,8-9,17H,5-7H2,1-2H3,(H,15,16). The van der Waals surface area contributed by atoms with E-state index in [1.165, 1.54) is 0 Å². The van der Waals surface area contributed by atoms with E-state index in [1.807, 2.05) is 30.8 Å². The zero-order valence-electron chi connectivity index (χ0n) is 10.1. The number of aliphatic carboxylic acids is 1. The number of rotatable bonds is 4. The van der Waals surface area contributed by atoms with Crippen LogP contribution in [0.5, 0.6) is 0 Å². The van der Waals surface area contributed by atoms with Crippen molar-refractivity contribution in [2.24, 2.45) is 5.92 Å². The van der Waals surface area contributed by atoms with E-state index >= 15 is 0 Å². The van der Waals surface area contributed by atoms with Gasteiger partial charge in [-0.05, 0) is 32.8 Å². The molecule has 0 saturated heterocycles. The Morgan fingerprint density at radius 3 is 2.76 bits per heavy atom. The van der Waals surface area contributed by atoms with Gasteiger partial charge in [-0.3, -0.25) is 9.48 Å². The van der Waals surface area contributed by atoms with Crippen LogP contribution in [0.3, 0.4) is 0 Å². The highest BCUT2D eigenvalue weighted by Gasteiger charge is 2.46. The van der Waals surface area contributed by atoms with Crippen molar-refractivity contribution in [2.75, 3.05) is 0 Å². The van der Waals surface area contributed by atoms with Gasteiger partial charge in [0.2, 0.25) is 0 Å². The summed E-state index contributed by atoms with van der Waals surface area (Å²) in [6, 6.07) is 2.18. The topological polar surface area (TPSA) is 75.4 Å². The van der Waals surface area contributed by atoms with E-state index in [1.54, 1.807) is 0 Å². The zero-order chi connectivity index (χ0) is 12.6. The van der Waals surface area contributed by atoms with Crippen molar-refractivity contribution in [3.63, 3.8) is 0 Å². The van der Waals surface area contributed by atoms with Gasteiger partial charge in [0, 0.05) is 18.7 Å². The van der Waals surface area contributed by atoms with E-state index < -0.39 is 17.5 Å². The van der Waals surface area contributed by atoms with Crippen molar-refractivity contribution >= 4 is 5.97 Å². The molecule has 2 N–H and O–H groups in total. The monoisotopic (exact) mass is 238 g/mol. The fourth-order valence-corrected chi connectivity index (χ4v) is 2.27. The van der Waals surface area contributed by atoms with Crippen LogP contribution in [-0.4, -0.2) is 31.6 Å². The number of nitrogens with zero attached hydrogens (tertiary/aromatic N) is 2. The molecule has 0 unspecified atom stereocenters. The summed E-state index contributed by atoms with van der Waals surface area (Å²) in [5.41, 5.74) is -0.0517. The molecule has 0 amide bonds. The molecule has 1 fully saturated rings. The third-order valence-electron chi connectivity index (χ3n) is 3.30. The Labute approximate surface area is 100 Å². The van der Waals surface area contributed by atoms with Gasteiger partial charge in [-0.2, -0.15) is 5.10 Å². The van der Waals surface area contributed by atoms with E-state index in [4.69, 9.17) is 5.11 Å². The summed E-state index contributed by atoms with van der Waals surface area (Å²) in [7, 11) is 0. The third-order valence-corrected chi connectivity index (χ3v) is 3.30. The second kappa shape index (κ2) is 4.14. The summed E-state index contributed by atoms with van der Waals surface area (Å²) in [5, 5.41) is 23.3. The second-order valence-electron chi connectivity index (χ2n) is 5.23. The first-order valence-corrected chi connectivity index (χ1v) is 5.89. The maximum absolute atomic E-state index is 10.7. The lowest BCUT2D eigenvalue weighted by Crippen LogP contribution is -2.48. The molecule has 5 heteroatoms. The van der Waals surface area contributed by atoms with Gasteiger partial charge < -0.3 is 10.2 Å². The first-order chi connectivity index (χ1) is 7.89. The number of carbonyl (C=O) groups is 1. The van der Waals surface area contributed by atoms with E-state index in [9.17, 15) is 9.90 Å².